The van der Waals surface area contributed by atoms with E-state index in [0.717, 1.165) is 32.1 Å². The van der Waals surface area contributed by atoms with Gasteiger partial charge in [0.2, 0.25) is 0 Å². The molecule has 0 aliphatic heterocycles. The molecule has 0 amide bonds. The number of aliphatic hydroxyl groups is 1. The van der Waals surface area contributed by atoms with Crippen LogP contribution in [0.1, 0.15) is 37.7 Å². The van der Waals surface area contributed by atoms with E-state index in [9.17, 15) is 5.11 Å². The molecule has 1 aliphatic carbocycles. The lowest BCUT2D eigenvalue weighted by Crippen LogP contribution is -2.46. The largest absolute Gasteiger partial charge is 0.387 e. The van der Waals surface area contributed by atoms with Gasteiger partial charge in [-0.2, -0.15) is 0 Å². The molecule has 1 saturated carbocycles. The molecular formula is C15H22O2. The van der Waals surface area contributed by atoms with Crippen molar-refractivity contribution in [3.05, 3.63) is 35.9 Å². The summed E-state index contributed by atoms with van der Waals surface area (Å²) in [6, 6.07) is 10.4. The number of methoxy groups -OCH3 is 1. The van der Waals surface area contributed by atoms with E-state index in [4.69, 9.17) is 4.74 Å². The summed E-state index contributed by atoms with van der Waals surface area (Å²) in [6.07, 6.45) is 5.89. The molecule has 1 aromatic carbocycles. The third-order valence-electron chi connectivity index (χ3n) is 3.90. The second-order valence-electron chi connectivity index (χ2n) is 5.06. The van der Waals surface area contributed by atoms with Gasteiger partial charge in [-0.05, 0) is 31.2 Å². The van der Waals surface area contributed by atoms with Crippen molar-refractivity contribution in [3.8, 4) is 0 Å². The second kappa shape index (κ2) is 5.65. The van der Waals surface area contributed by atoms with E-state index < -0.39 is 5.60 Å². The lowest BCUT2D eigenvalue weighted by atomic mass is 9.78. The Bertz CT molecular complexity index is 336. The fourth-order valence-electron chi connectivity index (χ4n) is 2.82. The molecule has 0 spiro atoms. The summed E-state index contributed by atoms with van der Waals surface area (Å²) in [4.78, 5) is 0. The molecule has 0 radical (unpaired) electrons. The highest BCUT2D eigenvalue weighted by Crippen LogP contribution is 2.34. The van der Waals surface area contributed by atoms with E-state index in [0.29, 0.717) is 0 Å². The van der Waals surface area contributed by atoms with E-state index >= 15 is 0 Å². The van der Waals surface area contributed by atoms with Crippen LogP contribution in [0.2, 0.25) is 0 Å². The predicted octanol–water partition coefficient (Wildman–Crippen LogP) is 2.94. The molecule has 1 aromatic rings. The lowest BCUT2D eigenvalue weighted by Gasteiger charge is -2.39. The van der Waals surface area contributed by atoms with Gasteiger partial charge in [-0.1, -0.05) is 43.2 Å². The quantitative estimate of drug-likeness (QED) is 0.868. The van der Waals surface area contributed by atoms with Crippen molar-refractivity contribution in [1.29, 1.82) is 0 Å². The summed E-state index contributed by atoms with van der Waals surface area (Å²) < 4.78 is 5.45. The summed E-state index contributed by atoms with van der Waals surface area (Å²) >= 11 is 0. The zero-order chi connectivity index (χ0) is 12.1. The van der Waals surface area contributed by atoms with Crippen LogP contribution < -0.4 is 0 Å². The first-order chi connectivity index (χ1) is 8.24. The molecule has 0 aromatic heterocycles. The number of benzene rings is 1. The molecule has 0 saturated heterocycles. The third-order valence-corrected chi connectivity index (χ3v) is 3.90. The molecule has 94 valence electrons. The summed E-state index contributed by atoms with van der Waals surface area (Å²) in [5, 5.41) is 10.7. The first kappa shape index (κ1) is 12.6. The van der Waals surface area contributed by atoms with Crippen molar-refractivity contribution in [2.75, 3.05) is 7.11 Å². The van der Waals surface area contributed by atoms with E-state index in [-0.39, 0.29) is 6.10 Å². The van der Waals surface area contributed by atoms with Crippen molar-refractivity contribution in [1.82, 2.24) is 0 Å². The van der Waals surface area contributed by atoms with Gasteiger partial charge in [-0.15, -0.1) is 0 Å². The molecule has 2 nitrogen and oxygen atoms in total. The van der Waals surface area contributed by atoms with Crippen LogP contribution in [0, 0.1) is 0 Å². The zero-order valence-corrected chi connectivity index (χ0v) is 10.6. The summed E-state index contributed by atoms with van der Waals surface area (Å²) in [5.74, 6) is 0. The Morgan fingerprint density at radius 1 is 1.29 bits per heavy atom. The smallest absolute Gasteiger partial charge is 0.0911 e. The van der Waals surface area contributed by atoms with Crippen molar-refractivity contribution in [3.63, 3.8) is 0 Å². The average Bonchev–Trinajstić information content (AvgIpc) is 2.38. The van der Waals surface area contributed by atoms with E-state index in [2.05, 4.69) is 12.1 Å². The monoisotopic (exact) mass is 234 g/mol. The molecule has 2 atom stereocenters. The Balaban J connectivity index is 1.96. The Morgan fingerprint density at radius 3 is 2.76 bits per heavy atom. The number of rotatable bonds is 4. The molecule has 1 fully saturated rings. The van der Waals surface area contributed by atoms with Crippen LogP contribution in [-0.4, -0.2) is 23.9 Å². The topological polar surface area (TPSA) is 29.5 Å². The van der Waals surface area contributed by atoms with E-state index in [1.165, 1.54) is 12.0 Å². The van der Waals surface area contributed by atoms with Gasteiger partial charge >= 0.3 is 0 Å². The highest BCUT2D eigenvalue weighted by Gasteiger charge is 2.38. The first-order valence-electron chi connectivity index (χ1n) is 6.54. The lowest BCUT2D eigenvalue weighted by molar-refractivity contribution is -0.120. The van der Waals surface area contributed by atoms with Crippen LogP contribution in [0.5, 0.6) is 0 Å². The molecule has 0 heterocycles. The molecule has 2 heteroatoms. The van der Waals surface area contributed by atoms with Gasteiger partial charge in [0.05, 0.1) is 11.7 Å². The van der Waals surface area contributed by atoms with Gasteiger partial charge in [0, 0.05) is 7.11 Å². The van der Waals surface area contributed by atoms with Crippen LogP contribution in [0.15, 0.2) is 30.3 Å². The van der Waals surface area contributed by atoms with Crippen molar-refractivity contribution >= 4 is 0 Å². The standard InChI is InChI=1S/C15H22O2/c1-17-14-9-5-6-11-15(14,16)12-10-13-7-3-2-4-8-13/h2-4,7-8,14,16H,5-6,9-12H2,1H3. The highest BCUT2D eigenvalue weighted by molar-refractivity contribution is 5.15. The molecule has 2 unspecified atom stereocenters. The van der Waals surface area contributed by atoms with Gasteiger partial charge < -0.3 is 9.84 Å². The molecule has 1 aliphatic rings. The fraction of sp³-hybridized carbons (Fsp3) is 0.600. The first-order valence-corrected chi connectivity index (χ1v) is 6.54. The van der Waals surface area contributed by atoms with Crippen LogP contribution in [0.4, 0.5) is 0 Å². The number of aryl methyl sites for hydroxylation is 1. The maximum atomic E-state index is 10.7. The normalized spacial score (nSPS) is 29.2. The third kappa shape index (κ3) is 3.08. The summed E-state index contributed by atoms with van der Waals surface area (Å²) in [6.45, 7) is 0. The predicted molar refractivity (Wildman–Crippen MR) is 69.0 cm³/mol. The molecule has 17 heavy (non-hydrogen) atoms. The maximum absolute atomic E-state index is 10.7. The Hall–Kier alpha value is -0.860. The molecular weight excluding hydrogens is 212 g/mol. The number of ether oxygens (including phenoxy) is 1. The van der Waals surface area contributed by atoms with Gasteiger partial charge in [0.1, 0.15) is 0 Å². The summed E-state index contributed by atoms with van der Waals surface area (Å²) in [7, 11) is 1.71. The minimum Gasteiger partial charge on any atom is -0.387 e. The fourth-order valence-corrected chi connectivity index (χ4v) is 2.82. The van der Waals surface area contributed by atoms with Gasteiger partial charge in [0.15, 0.2) is 0 Å². The number of hydrogen-bond acceptors (Lipinski definition) is 2. The van der Waals surface area contributed by atoms with Gasteiger partial charge in [0.25, 0.3) is 0 Å². The molecule has 2 rings (SSSR count). The average molecular weight is 234 g/mol. The minimum atomic E-state index is -0.622. The second-order valence-corrected chi connectivity index (χ2v) is 5.06. The Kier molecular flexibility index (Phi) is 4.19. The Labute approximate surface area is 104 Å². The van der Waals surface area contributed by atoms with Gasteiger partial charge in [-0.25, -0.2) is 0 Å². The van der Waals surface area contributed by atoms with Crippen LogP contribution in [0.25, 0.3) is 0 Å². The Morgan fingerprint density at radius 2 is 2.06 bits per heavy atom. The summed E-state index contributed by atoms with van der Waals surface area (Å²) in [5.41, 5.74) is 0.671. The van der Waals surface area contributed by atoms with Crippen LogP contribution >= 0.6 is 0 Å². The van der Waals surface area contributed by atoms with Crippen LogP contribution in [0.3, 0.4) is 0 Å². The molecule has 0 bridgehead atoms. The van der Waals surface area contributed by atoms with E-state index in [1.54, 1.807) is 7.11 Å². The minimum absolute atomic E-state index is 0.0139. The van der Waals surface area contributed by atoms with Crippen molar-refractivity contribution in [2.24, 2.45) is 0 Å². The number of hydrogen-bond donors (Lipinski definition) is 1. The van der Waals surface area contributed by atoms with Crippen LogP contribution in [-0.2, 0) is 11.2 Å². The SMILES string of the molecule is COC1CCCCC1(O)CCc1ccccc1. The highest BCUT2D eigenvalue weighted by atomic mass is 16.5. The maximum Gasteiger partial charge on any atom is 0.0911 e. The van der Waals surface area contributed by atoms with Crippen molar-refractivity contribution < 1.29 is 9.84 Å². The van der Waals surface area contributed by atoms with E-state index in [1.807, 2.05) is 18.2 Å². The van der Waals surface area contributed by atoms with Crippen molar-refractivity contribution in [2.45, 2.75) is 50.2 Å². The zero-order valence-electron chi connectivity index (χ0n) is 10.6. The van der Waals surface area contributed by atoms with Gasteiger partial charge in [-0.3, -0.25) is 0 Å². The molecule has 1 N–H and O–H groups in total.